The summed E-state index contributed by atoms with van der Waals surface area (Å²) in [6.07, 6.45) is 9.75. The van der Waals surface area contributed by atoms with Crippen molar-refractivity contribution in [1.82, 2.24) is 38.0 Å². The van der Waals surface area contributed by atoms with Crippen LogP contribution >= 0.6 is 54.7 Å². The molecular weight excluding hydrogens is 803 g/mol. The molecule has 0 amide bonds. The molecule has 4 rings (SSSR count). The maximum absolute atomic E-state index is 5.86. The molecule has 44 heavy (non-hydrogen) atoms. The Bertz CT molecular complexity index is 1340. The minimum Gasteiger partial charge on any atom is -0.491 e. The summed E-state index contributed by atoms with van der Waals surface area (Å²) in [6, 6.07) is 12.5. The van der Waals surface area contributed by atoms with E-state index in [0.29, 0.717) is 13.2 Å². The Kier molecular flexibility index (Phi) is 14.4. The quantitative estimate of drug-likeness (QED) is 0.0642. The fourth-order valence-corrected chi connectivity index (χ4v) is 5.76. The molecule has 2 aromatic heterocycles. The highest BCUT2D eigenvalue weighted by Crippen LogP contribution is 2.27. The lowest BCUT2D eigenvalue weighted by molar-refractivity contribution is 0.260. The van der Waals surface area contributed by atoms with Crippen molar-refractivity contribution in [2.75, 3.05) is 47.4 Å². The number of hydrogen-bond acceptors (Lipinski definition) is 8. The number of benzene rings is 2. The number of likely N-dealkylation sites (N-methyl/N-ethyl adjacent to an activating group) is 2. The summed E-state index contributed by atoms with van der Waals surface area (Å²) in [5.41, 5.74) is 4.51. The second kappa shape index (κ2) is 18.2. The molecule has 0 bridgehead atoms. The molecule has 0 atom stereocenters. The van der Waals surface area contributed by atoms with Crippen molar-refractivity contribution in [3.63, 3.8) is 0 Å². The minimum absolute atomic E-state index is 0.655. The van der Waals surface area contributed by atoms with E-state index < -0.39 is 0 Å². The third kappa shape index (κ3) is 12.0. The fourth-order valence-electron chi connectivity index (χ4n) is 4.48. The van der Waals surface area contributed by atoms with Gasteiger partial charge in [-0.05, 0) is 127 Å². The van der Waals surface area contributed by atoms with E-state index in [1.165, 1.54) is 11.1 Å². The van der Waals surface area contributed by atoms with Gasteiger partial charge >= 0.3 is 0 Å². The molecule has 2 heterocycles. The molecule has 0 radical (unpaired) electrons. The van der Waals surface area contributed by atoms with Crippen molar-refractivity contribution < 1.29 is 9.47 Å². The minimum atomic E-state index is 0.655. The number of halogens is 3. The van der Waals surface area contributed by atoms with Gasteiger partial charge in [-0.1, -0.05) is 22.6 Å². The smallest absolute Gasteiger partial charge is 0.133 e. The lowest BCUT2D eigenvalue weighted by Gasteiger charge is -2.13. The third-order valence-electron chi connectivity index (χ3n) is 6.99. The molecule has 238 valence electrons. The zero-order valence-electron chi connectivity index (χ0n) is 25.6. The van der Waals surface area contributed by atoms with Gasteiger partial charge in [0.2, 0.25) is 0 Å². The van der Waals surface area contributed by atoms with E-state index in [4.69, 9.17) is 9.47 Å². The molecule has 0 aliphatic carbocycles. The standard InChI is InChI=1S/C31H41Br2IN8O2/c1-39(2)16-18-43-30-10-8-24(20-28(30)32)12-14-41-22-26(35-37-41)6-4-5-7-27-23-42(38-36-27)15-13-25-9-11-31(29(33)21-25)44-19-17-40(3)34/h8-11,20-23H,4-7,12-19H2,1-3H3. The van der Waals surface area contributed by atoms with Crippen molar-refractivity contribution in [1.29, 1.82) is 0 Å². The van der Waals surface area contributed by atoms with Crippen LogP contribution in [-0.4, -0.2) is 85.4 Å². The van der Waals surface area contributed by atoms with Crippen molar-refractivity contribution in [2.24, 2.45) is 0 Å². The highest BCUT2D eigenvalue weighted by molar-refractivity contribution is 14.1. The molecular formula is C31H41Br2IN8O2. The first-order valence-corrected chi connectivity index (χ1v) is 17.4. The van der Waals surface area contributed by atoms with E-state index in [1.54, 1.807) is 0 Å². The van der Waals surface area contributed by atoms with Gasteiger partial charge in [0.25, 0.3) is 0 Å². The van der Waals surface area contributed by atoms with Gasteiger partial charge in [0.05, 0.1) is 20.3 Å². The fraction of sp³-hybridized carbons (Fsp3) is 0.484. The monoisotopic (exact) mass is 842 g/mol. The maximum atomic E-state index is 5.86. The Morgan fingerprint density at radius 2 is 1.18 bits per heavy atom. The average Bonchev–Trinajstić information content (AvgIpc) is 3.64. The number of ether oxygens (including phenoxy) is 2. The third-order valence-corrected chi connectivity index (χ3v) is 8.71. The van der Waals surface area contributed by atoms with Gasteiger partial charge in [-0.3, -0.25) is 9.36 Å². The highest BCUT2D eigenvalue weighted by atomic mass is 127. The van der Waals surface area contributed by atoms with Crippen LogP contribution in [0.2, 0.25) is 0 Å². The lowest BCUT2D eigenvalue weighted by atomic mass is 10.1. The van der Waals surface area contributed by atoms with E-state index in [1.807, 2.05) is 42.6 Å². The number of aryl methyl sites for hydroxylation is 6. The molecule has 0 spiro atoms. The molecule has 2 aromatic carbocycles. The Labute approximate surface area is 291 Å². The Balaban J connectivity index is 1.12. The molecule has 10 nitrogen and oxygen atoms in total. The predicted octanol–water partition coefficient (Wildman–Crippen LogP) is 6.05. The van der Waals surface area contributed by atoms with Crippen LogP contribution in [0, 0.1) is 0 Å². The molecule has 0 aliphatic heterocycles. The molecule has 0 N–H and O–H groups in total. The molecule has 0 aliphatic rings. The van der Waals surface area contributed by atoms with Crippen LogP contribution in [0.1, 0.15) is 35.4 Å². The zero-order chi connectivity index (χ0) is 31.3. The van der Waals surface area contributed by atoms with Gasteiger partial charge in [0, 0.05) is 61.4 Å². The van der Waals surface area contributed by atoms with Gasteiger partial charge < -0.3 is 14.4 Å². The van der Waals surface area contributed by atoms with Crippen LogP contribution in [0.4, 0.5) is 0 Å². The normalized spacial score (nSPS) is 11.5. The van der Waals surface area contributed by atoms with Crippen LogP contribution in [0.3, 0.4) is 0 Å². The molecule has 0 saturated carbocycles. The number of unbranched alkanes of at least 4 members (excludes halogenated alkanes) is 1. The van der Waals surface area contributed by atoms with Crippen molar-refractivity contribution >= 4 is 54.7 Å². The van der Waals surface area contributed by atoms with E-state index in [-0.39, 0.29) is 0 Å². The van der Waals surface area contributed by atoms with E-state index in [9.17, 15) is 0 Å². The second-order valence-corrected chi connectivity index (χ2v) is 14.4. The number of rotatable bonds is 19. The van der Waals surface area contributed by atoms with Gasteiger partial charge in [0.15, 0.2) is 0 Å². The number of nitrogens with zero attached hydrogens (tertiary/aromatic N) is 8. The topological polar surface area (TPSA) is 86.4 Å². The van der Waals surface area contributed by atoms with E-state index in [2.05, 4.69) is 120 Å². The summed E-state index contributed by atoms with van der Waals surface area (Å²) >= 11 is 9.53. The second-order valence-electron chi connectivity index (χ2n) is 11.0. The summed E-state index contributed by atoms with van der Waals surface area (Å²) in [5.74, 6) is 1.74. The number of hydrogen-bond donors (Lipinski definition) is 0. The first kappa shape index (κ1) is 34.8. The highest BCUT2D eigenvalue weighted by Gasteiger charge is 2.08. The first-order chi connectivity index (χ1) is 21.2. The van der Waals surface area contributed by atoms with Crippen LogP contribution in [-0.2, 0) is 38.8 Å². The van der Waals surface area contributed by atoms with Crippen LogP contribution in [0.5, 0.6) is 11.5 Å². The molecule has 13 heteroatoms. The van der Waals surface area contributed by atoms with Crippen molar-refractivity contribution in [3.05, 3.63) is 80.3 Å². The lowest BCUT2D eigenvalue weighted by Crippen LogP contribution is -2.19. The van der Waals surface area contributed by atoms with Crippen molar-refractivity contribution in [2.45, 2.75) is 51.6 Å². The van der Waals surface area contributed by atoms with E-state index in [0.717, 1.165) is 96.5 Å². The molecule has 0 unspecified atom stereocenters. The Morgan fingerprint density at radius 3 is 1.61 bits per heavy atom. The summed E-state index contributed by atoms with van der Waals surface area (Å²) < 4.78 is 19.6. The van der Waals surface area contributed by atoms with Gasteiger partial charge in [0.1, 0.15) is 24.7 Å². The SMILES string of the molecule is CN(C)CCOc1ccc(CCn2cc(CCCCc3cn(CCc4ccc(OCCN(C)I)c(Br)c4)nn3)nn2)cc1Br. The predicted molar refractivity (Wildman–Crippen MR) is 189 cm³/mol. The summed E-state index contributed by atoms with van der Waals surface area (Å²) in [6.45, 7) is 4.64. The van der Waals surface area contributed by atoms with Gasteiger partial charge in [-0.15, -0.1) is 10.2 Å². The van der Waals surface area contributed by atoms with Gasteiger partial charge in [-0.2, -0.15) is 0 Å². The summed E-state index contributed by atoms with van der Waals surface area (Å²) in [7, 11) is 6.11. The van der Waals surface area contributed by atoms with E-state index >= 15 is 0 Å². The average molecular weight is 844 g/mol. The first-order valence-electron chi connectivity index (χ1n) is 14.9. The van der Waals surface area contributed by atoms with Crippen LogP contribution in [0.15, 0.2) is 57.7 Å². The largest absolute Gasteiger partial charge is 0.491 e. The maximum Gasteiger partial charge on any atom is 0.133 e. The number of aromatic nitrogens is 6. The van der Waals surface area contributed by atoms with Gasteiger partial charge in [-0.25, -0.2) is 3.11 Å². The molecule has 0 fully saturated rings. The van der Waals surface area contributed by atoms with Crippen LogP contribution in [0.25, 0.3) is 0 Å². The Morgan fingerprint density at radius 1 is 0.705 bits per heavy atom. The summed E-state index contributed by atoms with van der Waals surface area (Å²) in [5, 5.41) is 17.4. The summed E-state index contributed by atoms with van der Waals surface area (Å²) in [4.78, 5) is 2.11. The molecule has 0 saturated heterocycles. The Hall–Kier alpha value is -2.07. The molecule has 4 aromatic rings. The zero-order valence-corrected chi connectivity index (χ0v) is 31.0. The van der Waals surface area contributed by atoms with Crippen LogP contribution < -0.4 is 9.47 Å². The van der Waals surface area contributed by atoms with Crippen molar-refractivity contribution in [3.8, 4) is 11.5 Å².